The summed E-state index contributed by atoms with van der Waals surface area (Å²) in [6, 6.07) is 10.7. The van der Waals surface area contributed by atoms with Crippen LogP contribution in [0.15, 0.2) is 36.4 Å². The van der Waals surface area contributed by atoms with Crippen LogP contribution < -0.4 is 9.47 Å². The molecule has 2 aliphatic rings. The predicted octanol–water partition coefficient (Wildman–Crippen LogP) is 5.10. The van der Waals surface area contributed by atoms with Crippen molar-refractivity contribution >= 4 is 34.9 Å². The van der Waals surface area contributed by atoms with Crippen molar-refractivity contribution in [3.63, 3.8) is 0 Å². The number of halogens is 2. The Morgan fingerprint density at radius 3 is 2.67 bits per heavy atom. The highest BCUT2D eigenvalue weighted by atomic mass is 35.5. The molecule has 4 rings (SSSR count). The van der Waals surface area contributed by atoms with E-state index < -0.39 is 5.60 Å². The average Bonchev–Trinajstić information content (AvgIpc) is 2.71. The molecule has 1 saturated heterocycles. The summed E-state index contributed by atoms with van der Waals surface area (Å²) in [5.41, 5.74) is 0.869. The molecule has 5 nitrogen and oxygen atoms in total. The Hall–Kier alpha value is -2.24. The van der Waals surface area contributed by atoms with Crippen LogP contribution in [0.3, 0.4) is 0 Å². The van der Waals surface area contributed by atoms with Gasteiger partial charge in [0.1, 0.15) is 17.1 Å². The van der Waals surface area contributed by atoms with Gasteiger partial charge in [-0.25, -0.2) is 0 Å². The molecule has 0 saturated carbocycles. The van der Waals surface area contributed by atoms with Crippen LogP contribution in [0.2, 0.25) is 10.0 Å². The SMILES string of the molecule is Cc1cc(Cl)cc2c1OC1(CCN(C(=O)CCOc3ccccc3Cl)CC1)CC2=O. The molecule has 1 fully saturated rings. The van der Waals surface area contributed by atoms with Crippen molar-refractivity contribution in [3.05, 3.63) is 57.6 Å². The quantitative estimate of drug-likeness (QED) is 0.654. The summed E-state index contributed by atoms with van der Waals surface area (Å²) in [7, 11) is 0. The second-order valence-corrected chi connectivity index (χ2v) is 8.74. The smallest absolute Gasteiger partial charge is 0.226 e. The van der Waals surface area contributed by atoms with Crippen molar-refractivity contribution in [1.29, 1.82) is 0 Å². The normalized spacial score (nSPS) is 17.4. The van der Waals surface area contributed by atoms with Crippen LogP contribution in [0.25, 0.3) is 0 Å². The number of carbonyl (C=O) groups excluding carboxylic acids is 2. The number of hydrogen-bond donors (Lipinski definition) is 0. The van der Waals surface area contributed by atoms with Crippen molar-refractivity contribution in [3.8, 4) is 11.5 Å². The highest BCUT2D eigenvalue weighted by molar-refractivity contribution is 6.32. The van der Waals surface area contributed by atoms with E-state index in [4.69, 9.17) is 32.7 Å². The Labute approximate surface area is 185 Å². The van der Waals surface area contributed by atoms with E-state index in [-0.39, 0.29) is 24.7 Å². The summed E-state index contributed by atoms with van der Waals surface area (Å²) in [5, 5.41) is 1.07. The molecule has 1 amide bonds. The van der Waals surface area contributed by atoms with Crippen molar-refractivity contribution in [2.24, 2.45) is 0 Å². The molecule has 0 aromatic heterocycles. The number of ether oxygens (including phenoxy) is 2. The summed E-state index contributed by atoms with van der Waals surface area (Å²) in [6.07, 6.45) is 1.84. The van der Waals surface area contributed by atoms with Gasteiger partial charge in [-0.15, -0.1) is 0 Å². The number of fused-ring (bicyclic) bond motifs is 1. The van der Waals surface area contributed by atoms with Crippen molar-refractivity contribution < 1.29 is 19.1 Å². The molecule has 0 aliphatic carbocycles. The van der Waals surface area contributed by atoms with E-state index in [1.807, 2.05) is 30.0 Å². The first-order valence-electron chi connectivity index (χ1n) is 10.0. The van der Waals surface area contributed by atoms with Gasteiger partial charge < -0.3 is 14.4 Å². The molecule has 7 heteroatoms. The van der Waals surface area contributed by atoms with Gasteiger partial charge in [-0.05, 0) is 36.8 Å². The number of likely N-dealkylation sites (tertiary alicyclic amines) is 1. The Morgan fingerprint density at radius 2 is 1.93 bits per heavy atom. The topological polar surface area (TPSA) is 55.8 Å². The first-order valence-corrected chi connectivity index (χ1v) is 10.8. The second-order valence-electron chi connectivity index (χ2n) is 7.89. The highest BCUT2D eigenvalue weighted by Gasteiger charge is 2.44. The summed E-state index contributed by atoms with van der Waals surface area (Å²) in [4.78, 5) is 27.1. The molecular formula is C23H23Cl2NO4. The number of nitrogens with zero attached hydrogens (tertiary/aromatic N) is 1. The van der Waals surface area contributed by atoms with Crippen molar-refractivity contribution in [1.82, 2.24) is 4.90 Å². The van der Waals surface area contributed by atoms with Crippen LogP contribution in [0, 0.1) is 6.92 Å². The lowest BCUT2D eigenvalue weighted by molar-refractivity contribution is -0.135. The number of carbonyl (C=O) groups is 2. The number of ketones is 1. The first-order chi connectivity index (χ1) is 14.4. The minimum absolute atomic E-state index is 0.0300. The summed E-state index contributed by atoms with van der Waals surface area (Å²) in [6.45, 7) is 3.28. The Balaban J connectivity index is 1.34. The molecular weight excluding hydrogens is 425 g/mol. The zero-order valence-corrected chi connectivity index (χ0v) is 18.3. The summed E-state index contributed by atoms with van der Waals surface area (Å²) in [5.74, 6) is 1.29. The molecule has 0 unspecified atom stereocenters. The minimum Gasteiger partial charge on any atom is -0.491 e. The maximum Gasteiger partial charge on any atom is 0.226 e. The Bertz CT molecular complexity index is 983. The monoisotopic (exact) mass is 447 g/mol. The molecule has 2 heterocycles. The van der Waals surface area contributed by atoms with Crippen LogP contribution in [0.5, 0.6) is 11.5 Å². The molecule has 2 aliphatic heterocycles. The van der Waals surface area contributed by atoms with Gasteiger partial charge in [-0.3, -0.25) is 9.59 Å². The van der Waals surface area contributed by atoms with E-state index in [2.05, 4.69) is 0 Å². The molecule has 2 aromatic rings. The van der Waals surface area contributed by atoms with E-state index >= 15 is 0 Å². The molecule has 0 bridgehead atoms. The van der Waals surface area contributed by atoms with Crippen molar-refractivity contribution in [2.75, 3.05) is 19.7 Å². The van der Waals surface area contributed by atoms with Gasteiger partial charge >= 0.3 is 0 Å². The van der Waals surface area contributed by atoms with Crippen LogP contribution in [-0.2, 0) is 4.79 Å². The van der Waals surface area contributed by atoms with Gasteiger partial charge in [0.2, 0.25) is 5.91 Å². The van der Waals surface area contributed by atoms with Crippen LogP contribution in [-0.4, -0.2) is 41.9 Å². The number of amides is 1. The lowest BCUT2D eigenvalue weighted by Crippen LogP contribution is -2.52. The number of para-hydroxylation sites is 1. The highest BCUT2D eigenvalue weighted by Crippen LogP contribution is 2.42. The fourth-order valence-electron chi connectivity index (χ4n) is 4.12. The third-order valence-corrected chi connectivity index (χ3v) is 6.31. The van der Waals surface area contributed by atoms with Crippen LogP contribution >= 0.6 is 23.2 Å². The number of piperidine rings is 1. The van der Waals surface area contributed by atoms with E-state index in [1.165, 1.54) is 0 Å². The molecule has 2 aromatic carbocycles. The van der Waals surface area contributed by atoms with E-state index in [9.17, 15) is 9.59 Å². The zero-order valence-electron chi connectivity index (χ0n) is 16.7. The standard InChI is InChI=1S/C23H23Cl2NO4/c1-15-12-16(24)13-17-19(27)14-23(30-22(15)17)7-9-26(10-8-23)21(28)6-11-29-20-5-3-2-4-18(20)25/h2-5,12-13H,6-11,14H2,1H3. The number of Topliss-reactive ketones (excluding diaryl/α,β-unsaturated/α-hetero) is 1. The lowest BCUT2D eigenvalue weighted by Gasteiger charge is -2.44. The van der Waals surface area contributed by atoms with Crippen molar-refractivity contribution in [2.45, 2.75) is 38.2 Å². The van der Waals surface area contributed by atoms with Gasteiger partial charge in [-0.1, -0.05) is 35.3 Å². The van der Waals surface area contributed by atoms with Crippen LogP contribution in [0.1, 0.15) is 41.6 Å². The fraction of sp³-hybridized carbons (Fsp3) is 0.391. The van der Waals surface area contributed by atoms with Gasteiger partial charge in [-0.2, -0.15) is 0 Å². The van der Waals surface area contributed by atoms with Gasteiger partial charge in [0, 0.05) is 31.0 Å². The number of aryl methyl sites for hydroxylation is 1. The van der Waals surface area contributed by atoms with E-state index in [1.54, 1.807) is 18.2 Å². The molecule has 158 valence electrons. The van der Waals surface area contributed by atoms with Crippen LogP contribution in [0.4, 0.5) is 0 Å². The minimum atomic E-state index is -0.548. The van der Waals surface area contributed by atoms with Gasteiger partial charge in [0.15, 0.2) is 5.78 Å². The fourth-order valence-corrected chi connectivity index (χ4v) is 4.59. The second kappa shape index (κ2) is 8.48. The Kier molecular flexibility index (Phi) is 5.94. The number of benzene rings is 2. The number of hydrogen-bond acceptors (Lipinski definition) is 4. The first kappa shape index (κ1) is 21.0. The summed E-state index contributed by atoms with van der Waals surface area (Å²) < 4.78 is 12.0. The van der Waals surface area contributed by atoms with E-state index in [0.717, 1.165) is 5.56 Å². The maximum absolute atomic E-state index is 12.7. The molecule has 0 radical (unpaired) electrons. The average molecular weight is 448 g/mol. The molecule has 1 spiro atoms. The van der Waals surface area contributed by atoms with E-state index in [0.29, 0.717) is 59.5 Å². The predicted molar refractivity (Wildman–Crippen MR) is 116 cm³/mol. The summed E-state index contributed by atoms with van der Waals surface area (Å²) >= 11 is 12.2. The molecule has 30 heavy (non-hydrogen) atoms. The Morgan fingerprint density at radius 1 is 1.20 bits per heavy atom. The molecule has 0 atom stereocenters. The largest absolute Gasteiger partial charge is 0.491 e. The number of rotatable bonds is 4. The third kappa shape index (κ3) is 4.28. The van der Waals surface area contributed by atoms with Gasteiger partial charge in [0.25, 0.3) is 0 Å². The maximum atomic E-state index is 12.7. The third-order valence-electron chi connectivity index (χ3n) is 5.78. The zero-order chi connectivity index (χ0) is 21.3. The lowest BCUT2D eigenvalue weighted by atomic mass is 9.82. The van der Waals surface area contributed by atoms with Gasteiger partial charge in [0.05, 0.1) is 30.0 Å². The molecule has 0 N–H and O–H groups in total.